The van der Waals surface area contributed by atoms with Crippen LogP contribution in [0.5, 0.6) is 0 Å². The standard InChI is InChI=1S/C10H16ClN3/c1-3-7-9(13-10(11)12-7)8-5-4-6-14(8)2/h8H,3-6H2,1-2H3,(H,12,13). The van der Waals surface area contributed by atoms with Crippen LogP contribution in [0, 0.1) is 0 Å². The van der Waals surface area contributed by atoms with Gasteiger partial charge in [0.2, 0.25) is 5.28 Å². The molecular formula is C10H16ClN3. The van der Waals surface area contributed by atoms with E-state index in [-0.39, 0.29) is 0 Å². The smallest absolute Gasteiger partial charge is 0.200 e. The summed E-state index contributed by atoms with van der Waals surface area (Å²) in [7, 11) is 2.15. The molecule has 0 radical (unpaired) electrons. The van der Waals surface area contributed by atoms with Crippen molar-refractivity contribution in [1.82, 2.24) is 14.9 Å². The quantitative estimate of drug-likeness (QED) is 0.818. The highest BCUT2D eigenvalue weighted by Crippen LogP contribution is 2.31. The van der Waals surface area contributed by atoms with Gasteiger partial charge in [-0.3, -0.25) is 4.90 Å². The van der Waals surface area contributed by atoms with Gasteiger partial charge in [-0.05, 0) is 44.5 Å². The van der Waals surface area contributed by atoms with Crippen molar-refractivity contribution < 1.29 is 0 Å². The van der Waals surface area contributed by atoms with Crippen LogP contribution in [0.15, 0.2) is 0 Å². The minimum absolute atomic E-state index is 0.466. The highest BCUT2D eigenvalue weighted by atomic mass is 35.5. The highest BCUT2D eigenvalue weighted by molar-refractivity contribution is 6.28. The molecule has 0 saturated carbocycles. The van der Waals surface area contributed by atoms with Gasteiger partial charge in [0.15, 0.2) is 0 Å². The minimum Gasteiger partial charge on any atom is -0.332 e. The molecule has 78 valence electrons. The van der Waals surface area contributed by atoms with Crippen molar-refractivity contribution in [3.05, 3.63) is 16.7 Å². The Hall–Kier alpha value is -0.540. The molecule has 2 heterocycles. The largest absolute Gasteiger partial charge is 0.332 e. The summed E-state index contributed by atoms with van der Waals surface area (Å²) in [4.78, 5) is 9.85. The van der Waals surface area contributed by atoms with Crippen molar-refractivity contribution in [3.63, 3.8) is 0 Å². The Morgan fingerprint density at radius 3 is 3.00 bits per heavy atom. The maximum atomic E-state index is 5.89. The van der Waals surface area contributed by atoms with Gasteiger partial charge in [-0.2, -0.15) is 0 Å². The summed E-state index contributed by atoms with van der Waals surface area (Å²) < 4.78 is 0. The summed E-state index contributed by atoms with van der Waals surface area (Å²) in [5.74, 6) is 0. The first-order valence-electron chi connectivity index (χ1n) is 5.17. The predicted molar refractivity (Wildman–Crippen MR) is 57.6 cm³/mol. The fourth-order valence-electron chi connectivity index (χ4n) is 2.19. The number of imidazole rings is 1. The van der Waals surface area contributed by atoms with E-state index in [1.807, 2.05) is 0 Å². The van der Waals surface area contributed by atoms with E-state index in [2.05, 4.69) is 28.8 Å². The molecule has 1 N–H and O–H groups in total. The SMILES string of the molecule is CCc1[nH]c(Cl)nc1C1CCCN1C. The number of aryl methyl sites for hydroxylation is 1. The molecule has 0 bridgehead atoms. The molecule has 4 heteroatoms. The predicted octanol–water partition coefficient (Wildman–Crippen LogP) is 2.39. The molecule has 1 aromatic heterocycles. The summed E-state index contributed by atoms with van der Waals surface area (Å²) >= 11 is 5.89. The van der Waals surface area contributed by atoms with Crippen molar-refractivity contribution in [2.75, 3.05) is 13.6 Å². The molecule has 0 amide bonds. The normalized spacial score (nSPS) is 23.2. The Labute approximate surface area is 89.5 Å². The van der Waals surface area contributed by atoms with E-state index in [0.29, 0.717) is 11.3 Å². The third-order valence-electron chi connectivity index (χ3n) is 2.97. The molecule has 0 spiro atoms. The number of aromatic nitrogens is 2. The summed E-state index contributed by atoms with van der Waals surface area (Å²) in [6.45, 7) is 3.29. The molecule has 1 atom stereocenters. The number of hydrogen-bond acceptors (Lipinski definition) is 2. The van der Waals surface area contributed by atoms with Gasteiger partial charge in [-0.15, -0.1) is 0 Å². The maximum absolute atomic E-state index is 5.89. The van der Waals surface area contributed by atoms with E-state index in [4.69, 9.17) is 11.6 Å². The second kappa shape index (κ2) is 3.91. The number of aromatic amines is 1. The first-order valence-corrected chi connectivity index (χ1v) is 5.54. The molecule has 1 fully saturated rings. The average molecular weight is 214 g/mol. The number of H-pyrrole nitrogens is 1. The van der Waals surface area contributed by atoms with Crippen LogP contribution in [0.25, 0.3) is 0 Å². The van der Waals surface area contributed by atoms with Crippen molar-refractivity contribution in [1.29, 1.82) is 0 Å². The number of nitrogens with zero attached hydrogens (tertiary/aromatic N) is 2. The van der Waals surface area contributed by atoms with Crippen LogP contribution >= 0.6 is 11.6 Å². The van der Waals surface area contributed by atoms with Crippen LogP contribution < -0.4 is 0 Å². The Kier molecular flexibility index (Phi) is 2.79. The van der Waals surface area contributed by atoms with Crippen LogP contribution in [0.4, 0.5) is 0 Å². The summed E-state index contributed by atoms with van der Waals surface area (Å²) in [6.07, 6.45) is 3.43. The Bertz CT molecular complexity index is 321. The zero-order valence-corrected chi connectivity index (χ0v) is 9.43. The molecule has 14 heavy (non-hydrogen) atoms. The van der Waals surface area contributed by atoms with Crippen LogP contribution in [-0.4, -0.2) is 28.5 Å². The summed E-state index contributed by atoms with van der Waals surface area (Å²) in [5.41, 5.74) is 2.34. The maximum Gasteiger partial charge on any atom is 0.200 e. The molecule has 1 saturated heterocycles. The van der Waals surface area contributed by atoms with Crippen LogP contribution in [0.1, 0.15) is 37.2 Å². The molecule has 3 nitrogen and oxygen atoms in total. The van der Waals surface area contributed by atoms with Crippen molar-refractivity contribution in [2.45, 2.75) is 32.2 Å². The second-order valence-electron chi connectivity index (χ2n) is 3.88. The first-order chi connectivity index (χ1) is 6.72. The fraction of sp³-hybridized carbons (Fsp3) is 0.700. The van der Waals surface area contributed by atoms with Gasteiger partial charge in [0, 0.05) is 5.69 Å². The number of likely N-dealkylation sites (tertiary alicyclic amines) is 1. The van der Waals surface area contributed by atoms with Crippen molar-refractivity contribution in [2.24, 2.45) is 0 Å². The Balaban J connectivity index is 2.29. The molecule has 1 aliphatic rings. The minimum atomic E-state index is 0.466. The van der Waals surface area contributed by atoms with Gasteiger partial charge in [0.25, 0.3) is 0 Å². The second-order valence-corrected chi connectivity index (χ2v) is 4.24. The molecular weight excluding hydrogens is 198 g/mol. The third kappa shape index (κ3) is 1.66. The lowest BCUT2D eigenvalue weighted by Gasteiger charge is -2.18. The Morgan fingerprint density at radius 2 is 2.43 bits per heavy atom. The van der Waals surface area contributed by atoms with Gasteiger partial charge in [0.05, 0.1) is 11.7 Å². The third-order valence-corrected chi connectivity index (χ3v) is 3.15. The topological polar surface area (TPSA) is 31.9 Å². The van der Waals surface area contributed by atoms with E-state index in [1.54, 1.807) is 0 Å². The van der Waals surface area contributed by atoms with E-state index in [0.717, 1.165) is 18.7 Å². The molecule has 1 aromatic rings. The Morgan fingerprint density at radius 1 is 1.64 bits per heavy atom. The van der Waals surface area contributed by atoms with E-state index in [1.165, 1.54) is 18.5 Å². The number of nitrogens with one attached hydrogen (secondary N) is 1. The summed E-state index contributed by atoms with van der Waals surface area (Å²) in [6, 6.07) is 0.466. The van der Waals surface area contributed by atoms with Crippen LogP contribution in [-0.2, 0) is 6.42 Å². The van der Waals surface area contributed by atoms with Crippen molar-refractivity contribution >= 4 is 11.6 Å². The van der Waals surface area contributed by atoms with Gasteiger partial charge < -0.3 is 4.98 Å². The molecule has 2 rings (SSSR count). The van der Waals surface area contributed by atoms with E-state index in [9.17, 15) is 0 Å². The lowest BCUT2D eigenvalue weighted by atomic mass is 10.1. The lowest BCUT2D eigenvalue weighted by Crippen LogP contribution is -2.18. The zero-order chi connectivity index (χ0) is 10.1. The van der Waals surface area contributed by atoms with Gasteiger partial charge in [0.1, 0.15) is 0 Å². The molecule has 0 aliphatic carbocycles. The van der Waals surface area contributed by atoms with E-state index >= 15 is 0 Å². The highest BCUT2D eigenvalue weighted by Gasteiger charge is 2.26. The number of hydrogen-bond donors (Lipinski definition) is 1. The van der Waals surface area contributed by atoms with Gasteiger partial charge in [-0.25, -0.2) is 4.98 Å². The molecule has 1 unspecified atom stereocenters. The summed E-state index contributed by atoms with van der Waals surface area (Å²) in [5, 5.41) is 0.525. The lowest BCUT2D eigenvalue weighted by molar-refractivity contribution is 0.311. The van der Waals surface area contributed by atoms with Crippen LogP contribution in [0.2, 0.25) is 5.28 Å². The van der Waals surface area contributed by atoms with Gasteiger partial charge in [-0.1, -0.05) is 6.92 Å². The fourth-order valence-corrected chi connectivity index (χ4v) is 2.40. The number of halogens is 1. The monoisotopic (exact) mass is 213 g/mol. The van der Waals surface area contributed by atoms with Gasteiger partial charge >= 0.3 is 0 Å². The van der Waals surface area contributed by atoms with E-state index < -0.39 is 0 Å². The van der Waals surface area contributed by atoms with Crippen LogP contribution in [0.3, 0.4) is 0 Å². The zero-order valence-electron chi connectivity index (χ0n) is 8.68. The van der Waals surface area contributed by atoms with Crippen molar-refractivity contribution in [3.8, 4) is 0 Å². The first kappa shape index (κ1) is 9.99. The average Bonchev–Trinajstić information content (AvgIpc) is 2.71. The molecule has 1 aliphatic heterocycles. The number of rotatable bonds is 2. The molecule has 0 aromatic carbocycles.